The van der Waals surface area contributed by atoms with Crippen LogP contribution in [-0.4, -0.2) is 16.1 Å². The molecule has 1 unspecified atom stereocenters. The van der Waals surface area contributed by atoms with E-state index in [0.717, 1.165) is 52.5 Å². The van der Waals surface area contributed by atoms with Crippen LogP contribution in [0.3, 0.4) is 0 Å². The third-order valence-corrected chi connectivity index (χ3v) is 4.52. The predicted octanol–water partition coefficient (Wildman–Crippen LogP) is 3.99. The number of rotatable bonds is 2. The molecule has 1 aromatic heterocycles. The van der Waals surface area contributed by atoms with Crippen molar-refractivity contribution in [2.75, 3.05) is 0 Å². The molecule has 2 aromatic rings. The molecular formula is C17H19NO2. The Morgan fingerprint density at radius 2 is 2.05 bits per heavy atom. The van der Waals surface area contributed by atoms with Gasteiger partial charge in [-0.3, -0.25) is 4.98 Å². The number of carboxylic acid groups (broad SMARTS) is 1. The van der Waals surface area contributed by atoms with Crippen molar-refractivity contribution in [3.8, 4) is 0 Å². The second-order valence-corrected chi connectivity index (χ2v) is 5.72. The molecule has 0 saturated carbocycles. The molecule has 20 heavy (non-hydrogen) atoms. The largest absolute Gasteiger partial charge is 0.478 e. The summed E-state index contributed by atoms with van der Waals surface area (Å²) in [7, 11) is 0. The van der Waals surface area contributed by atoms with Crippen LogP contribution >= 0.6 is 0 Å². The molecule has 1 heterocycles. The van der Waals surface area contributed by atoms with Gasteiger partial charge in [0.25, 0.3) is 0 Å². The zero-order chi connectivity index (χ0) is 14.4. The van der Waals surface area contributed by atoms with Crippen molar-refractivity contribution in [1.29, 1.82) is 0 Å². The molecule has 0 amide bonds. The van der Waals surface area contributed by atoms with Crippen molar-refractivity contribution in [3.05, 3.63) is 40.1 Å². The summed E-state index contributed by atoms with van der Waals surface area (Å²) >= 11 is 0. The summed E-state index contributed by atoms with van der Waals surface area (Å²) in [4.78, 5) is 16.7. The Hall–Kier alpha value is -1.90. The van der Waals surface area contributed by atoms with Gasteiger partial charge in [0.05, 0.1) is 11.1 Å². The smallest absolute Gasteiger partial charge is 0.336 e. The minimum absolute atomic E-state index is 0.410. The highest BCUT2D eigenvalue weighted by molar-refractivity contribution is 6.06. The number of aryl methyl sites for hydroxylation is 2. The summed E-state index contributed by atoms with van der Waals surface area (Å²) < 4.78 is 0. The number of aromatic carboxylic acids is 1. The summed E-state index contributed by atoms with van der Waals surface area (Å²) in [6.45, 7) is 6.12. The molecule has 3 heteroatoms. The summed E-state index contributed by atoms with van der Waals surface area (Å²) in [5.41, 5.74) is 5.39. The molecule has 1 aromatic carbocycles. The molecule has 3 nitrogen and oxygen atoms in total. The number of pyridine rings is 1. The van der Waals surface area contributed by atoms with Crippen molar-refractivity contribution >= 4 is 16.9 Å². The molecule has 1 aliphatic rings. The van der Waals surface area contributed by atoms with Crippen LogP contribution in [0.1, 0.15) is 58.4 Å². The molecule has 0 radical (unpaired) electrons. The van der Waals surface area contributed by atoms with Gasteiger partial charge >= 0.3 is 5.97 Å². The lowest BCUT2D eigenvalue weighted by molar-refractivity contribution is 0.0698. The van der Waals surface area contributed by atoms with E-state index < -0.39 is 5.97 Å². The van der Waals surface area contributed by atoms with E-state index in [-0.39, 0.29) is 0 Å². The molecule has 0 bridgehead atoms. The number of fused-ring (bicyclic) bond motifs is 2. The molecule has 3 rings (SSSR count). The van der Waals surface area contributed by atoms with Gasteiger partial charge in [-0.1, -0.05) is 19.1 Å². The van der Waals surface area contributed by atoms with Crippen LogP contribution in [0.15, 0.2) is 12.1 Å². The fourth-order valence-electron chi connectivity index (χ4n) is 3.40. The van der Waals surface area contributed by atoms with Gasteiger partial charge in [0.1, 0.15) is 0 Å². The lowest BCUT2D eigenvalue weighted by Crippen LogP contribution is -2.08. The standard InChI is InChI=1S/C17H19NO2/c1-4-11-7-8-12-14(17(19)20)13-9(2)5-6-10(3)15(13)18-16(11)12/h5-6,11H,4,7-8H2,1-3H3,(H,19,20). The van der Waals surface area contributed by atoms with Gasteiger partial charge in [0.15, 0.2) is 0 Å². The van der Waals surface area contributed by atoms with E-state index >= 15 is 0 Å². The summed E-state index contributed by atoms with van der Waals surface area (Å²) in [6, 6.07) is 4.02. The maximum absolute atomic E-state index is 11.8. The van der Waals surface area contributed by atoms with E-state index in [4.69, 9.17) is 4.98 Å². The third-order valence-electron chi connectivity index (χ3n) is 4.52. The van der Waals surface area contributed by atoms with Gasteiger partial charge in [-0.15, -0.1) is 0 Å². The Morgan fingerprint density at radius 3 is 2.70 bits per heavy atom. The van der Waals surface area contributed by atoms with Crippen LogP contribution in [0.5, 0.6) is 0 Å². The third kappa shape index (κ3) is 1.73. The van der Waals surface area contributed by atoms with Gasteiger partial charge in [0, 0.05) is 17.0 Å². The molecule has 1 N–H and O–H groups in total. The van der Waals surface area contributed by atoms with Crippen LogP contribution in [-0.2, 0) is 6.42 Å². The first-order valence-corrected chi connectivity index (χ1v) is 7.20. The number of carboxylic acids is 1. The average molecular weight is 269 g/mol. The SMILES string of the molecule is CCC1CCc2c1nc1c(C)ccc(C)c1c2C(=O)O. The van der Waals surface area contributed by atoms with Crippen LogP contribution in [0.25, 0.3) is 10.9 Å². The number of hydrogen-bond donors (Lipinski definition) is 1. The maximum Gasteiger partial charge on any atom is 0.336 e. The average Bonchev–Trinajstić information content (AvgIpc) is 2.83. The zero-order valence-electron chi connectivity index (χ0n) is 12.2. The Bertz CT molecular complexity index is 719. The quantitative estimate of drug-likeness (QED) is 0.896. The van der Waals surface area contributed by atoms with Gasteiger partial charge in [-0.05, 0) is 49.8 Å². The highest BCUT2D eigenvalue weighted by atomic mass is 16.4. The van der Waals surface area contributed by atoms with Crippen LogP contribution in [0.4, 0.5) is 0 Å². The molecule has 1 atom stereocenters. The van der Waals surface area contributed by atoms with E-state index in [1.165, 1.54) is 0 Å². The fraction of sp³-hybridized carbons (Fsp3) is 0.412. The van der Waals surface area contributed by atoms with Crippen molar-refractivity contribution in [2.24, 2.45) is 0 Å². The molecule has 0 saturated heterocycles. The molecule has 1 aliphatic carbocycles. The Morgan fingerprint density at radius 1 is 1.35 bits per heavy atom. The minimum atomic E-state index is -0.820. The number of aromatic nitrogens is 1. The number of carbonyl (C=O) groups is 1. The fourth-order valence-corrected chi connectivity index (χ4v) is 3.40. The second-order valence-electron chi connectivity index (χ2n) is 5.72. The van der Waals surface area contributed by atoms with Gasteiger partial charge in [-0.25, -0.2) is 4.79 Å². The molecule has 0 fully saturated rings. The van der Waals surface area contributed by atoms with Gasteiger partial charge in [0.2, 0.25) is 0 Å². The van der Waals surface area contributed by atoms with Crippen molar-refractivity contribution in [1.82, 2.24) is 4.98 Å². The van der Waals surface area contributed by atoms with Gasteiger partial charge < -0.3 is 5.11 Å². The highest BCUT2D eigenvalue weighted by Crippen LogP contribution is 2.39. The number of hydrogen-bond acceptors (Lipinski definition) is 2. The van der Waals surface area contributed by atoms with E-state index in [0.29, 0.717) is 11.5 Å². The van der Waals surface area contributed by atoms with Crippen molar-refractivity contribution < 1.29 is 9.90 Å². The molecule has 0 spiro atoms. The van der Waals surface area contributed by atoms with Crippen molar-refractivity contribution in [3.63, 3.8) is 0 Å². The Balaban J connectivity index is 2.47. The monoisotopic (exact) mass is 269 g/mol. The lowest BCUT2D eigenvalue weighted by atomic mass is 9.95. The first-order chi connectivity index (χ1) is 9.54. The summed E-state index contributed by atoms with van der Waals surface area (Å²) in [5.74, 6) is -0.411. The van der Waals surface area contributed by atoms with Gasteiger partial charge in [-0.2, -0.15) is 0 Å². The second kappa shape index (κ2) is 4.58. The van der Waals surface area contributed by atoms with E-state index in [2.05, 4.69) is 6.92 Å². The molecular weight excluding hydrogens is 250 g/mol. The molecule has 0 aliphatic heterocycles. The minimum Gasteiger partial charge on any atom is -0.478 e. The summed E-state index contributed by atoms with van der Waals surface area (Å²) in [6.07, 6.45) is 2.88. The zero-order valence-corrected chi connectivity index (χ0v) is 12.2. The predicted molar refractivity (Wildman–Crippen MR) is 79.5 cm³/mol. The Kier molecular flexibility index (Phi) is 3.00. The van der Waals surface area contributed by atoms with Crippen LogP contribution < -0.4 is 0 Å². The lowest BCUT2D eigenvalue weighted by Gasteiger charge is -2.14. The maximum atomic E-state index is 11.8. The van der Waals surface area contributed by atoms with E-state index in [1.807, 2.05) is 26.0 Å². The number of benzene rings is 1. The highest BCUT2D eigenvalue weighted by Gasteiger charge is 2.30. The topological polar surface area (TPSA) is 50.2 Å². The van der Waals surface area contributed by atoms with E-state index in [1.54, 1.807) is 0 Å². The normalized spacial score (nSPS) is 17.4. The van der Waals surface area contributed by atoms with Crippen LogP contribution in [0.2, 0.25) is 0 Å². The van der Waals surface area contributed by atoms with E-state index in [9.17, 15) is 9.90 Å². The van der Waals surface area contributed by atoms with Crippen LogP contribution in [0, 0.1) is 13.8 Å². The first-order valence-electron chi connectivity index (χ1n) is 7.20. The molecule has 104 valence electrons. The Labute approximate surface area is 118 Å². The summed E-state index contributed by atoms with van der Waals surface area (Å²) in [5, 5.41) is 10.5. The first kappa shape index (κ1) is 13.1. The van der Waals surface area contributed by atoms with Crippen molar-refractivity contribution in [2.45, 2.75) is 46.0 Å². The number of nitrogens with zero attached hydrogens (tertiary/aromatic N) is 1.